The third kappa shape index (κ3) is 6.49. The number of rotatable bonds is 9. The van der Waals surface area contributed by atoms with Crippen LogP contribution in [0.1, 0.15) is 31.6 Å². The lowest BCUT2D eigenvalue weighted by molar-refractivity contribution is 0.218. The first-order valence-corrected chi connectivity index (χ1v) is 15.7. The van der Waals surface area contributed by atoms with Crippen LogP contribution in [-0.4, -0.2) is 80.1 Å². The maximum absolute atomic E-state index is 14.2. The van der Waals surface area contributed by atoms with Gasteiger partial charge in [-0.3, -0.25) is 14.6 Å². The van der Waals surface area contributed by atoms with Crippen molar-refractivity contribution >= 4 is 28.3 Å². The quantitative estimate of drug-likeness (QED) is 0.282. The molecule has 2 aliphatic rings. The Labute approximate surface area is 267 Å². The molecular weight excluding hydrogens is 589 g/mol. The van der Waals surface area contributed by atoms with Gasteiger partial charge in [-0.05, 0) is 74.8 Å². The van der Waals surface area contributed by atoms with Gasteiger partial charge in [-0.2, -0.15) is 0 Å². The summed E-state index contributed by atoms with van der Waals surface area (Å²) < 4.78 is 26.4. The summed E-state index contributed by atoms with van der Waals surface area (Å²) in [6.07, 6.45) is 2.38. The van der Waals surface area contributed by atoms with E-state index in [1.165, 1.54) is 49.1 Å². The molecule has 2 saturated heterocycles. The Morgan fingerprint density at radius 3 is 2.52 bits per heavy atom. The van der Waals surface area contributed by atoms with E-state index in [0.29, 0.717) is 58.7 Å². The Bertz CT molecular complexity index is 1730. The fraction of sp³-hybridized carbons (Fsp3) is 0.382. The van der Waals surface area contributed by atoms with E-state index in [0.717, 1.165) is 26.2 Å². The summed E-state index contributed by atoms with van der Waals surface area (Å²) in [6.45, 7) is 6.73. The van der Waals surface area contributed by atoms with Gasteiger partial charge in [0.25, 0.3) is 5.56 Å². The van der Waals surface area contributed by atoms with Gasteiger partial charge in [0.2, 0.25) is 0 Å². The number of halogens is 1. The number of methoxy groups -OCH3 is 2. The van der Waals surface area contributed by atoms with Crippen LogP contribution in [0.4, 0.5) is 20.6 Å². The molecule has 3 heterocycles. The van der Waals surface area contributed by atoms with Crippen LogP contribution in [0.25, 0.3) is 10.9 Å². The first kappa shape index (κ1) is 31.3. The second-order valence-electron chi connectivity index (χ2n) is 11.7. The van der Waals surface area contributed by atoms with Gasteiger partial charge in [-0.25, -0.2) is 18.8 Å². The van der Waals surface area contributed by atoms with Crippen molar-refractivity contribution in [1.29, 1.82) is 0 Å². The van der Waals surface area contributed by atoms with Gasteiger partial charge < -0.3 is 25.1 Å². The molecule has 2 aliphatic heterocycles. The topological polar surface area (TPSA) is 104 Å². The third-order valence-electron chi connectivity index (χ3n) is 8.77. The number of fused-ring (bicyclic) bond motifs is 1. The number of piperazine rings is 1. The predicted octanol–water partition coefficient (Wildman–Crippen LogP) is 4.36. The number of benzene rings is 3. The molecule has 3 aromatic carbocycles. The summed E-state index contributed by atoms with van der Waals surface area (Å²) in [6, 6.07) is 17.2. The highest BCUT2D eigenvalue weighted by Gasteiger charge is 2.33. The monoisotopic (exact) mass is 629 g/mol. The number of carbonyl (C=O) groups excluding carboxylic acids is 1. The molecule has 1 aromatic heterocycles. The Kier molecular flexibility index (Phi) is 9.36. The Hall–Kier alpha value is -4.68. The van der Waals surface area contributed by atoms with Gasteiger partial charge in [0.15, 0.2) is 5.82 Å². The molecule has 46 heavy (non-hydrogen) atoms. The van der Waals surface area contributed by atoms with Crippen molar-refractivity contribution < 1.29 is 18.7 Å². The van der Waals surface area contributed by atoms with Gasteiger partial charge in [0, 0.05) is 50.5 Å². The van der Waals surface area contributed by atoms with Gasteiger partial charge in [-0.1, -0.05) is 12.1 Å². The Morgan fingerprint density at radius 1 is 1.07 bits per heavy atom. The zero-order valence-electron chi connectivity index (χ0n) is 26.4. The molecule has 2 amide bonds. The number of amides is 2. The van der Waals surface area contributed by atoms with Crippen molar-refractivity contribution in [3.8, 4) is 11.5 Å². The van der Waals surface area contributed by atoms with Crippen LogP contribution in [0.5, 0.6) is 11.5 Å². The Balaban J connectivity index is 1.41. The maximum Gasteiger partial charge on any atom is 0.327 e. The molecule has 4 aromatic rings. The number of aromatic nitrogens is 2. The molecule has 1 unspecified atom stereocenters. The molecule has 0 spiro atoms. The van der Waals surface area contributed by atoms with Crippen molar-refractivity contribution in [3.05, 3.63) is 88.7 Å². The van der Waals surface area contributed by atoms with Crippen molar-refractivity contribution in [2.24, 2.45) is 0 Å². The van der Waals surface area contributed by atoms with Crippen LogP contribution in [-0.2, 0) is 0 Å². The number of hydrogen-bond acceptors (Lipinski definition) is 8. The predicted molar refractivity (Wildman–Crippen MR) is 177 cm³/mol. The molecule has 6 rings (SSSR count). The normalized spacial score (nSPS) is 17.6. The molecule has 2 atom stereocenters. The fourth-order valence-electron chi connectivity index (χ4n) is 6.34. The lowest BCUT2D eigenvalue weighted by Crippen LogP contribution is -2.57. The highest BCUT2D eigenvalue weighted by molar-refractivity contribution is 6.03. The average molecular weight is 630 g/mol. The number of carbonyl (C=O) groups is 1. The van der Waals surface area contributed by atoms with Crippen LogP contribution in [0.3, 0.4) is 0 Å². The summed E-state index contributed by atoms with van der Waals surface area (Å²) >= 11 is 0. The number of anilines is 2. The zero-order chi connectivity index (χ0) is 32.2. The van der Waals surface area contributed by atoms with E-state index >= 15 is 0 Å². The summed E-state index contributed by atoms with van der Waals surface area (Å²) in [4.78, 5) is 37.4. The van der Waals surface area contributed by atoms with E-state index in [1.807, 2.05) is 24.1 Å². The molecule has 11 nitrogen and oxygen atoms in total. The van der Waals surface area contributed by atoms with Crippen molar-refractivity contribution in [3.63, 3.8) is 0 Å². The minimum Gasteiger partial charge on any atom is -0.497 e. The summed E-state index contributed by atoms with van der Waals surface area (Å²) in [7, 11) is 3.07. The van der Waals surface area contributed by atoms with E-state index < -0.39 is 17.9 Å². The van der Waals surface area contributed by atoms with Crippen LogP contribution < -0.4 is 35.6 Å². The summed E-state index contributed by atoms with van der Waals surface area (Å²) in [5.74, 6) is 0.939. The van der Waals surface area contributed by atoms with Gasteiger partial charge >= 0.3 is 6.03 Å². The molecule has 0 aliphatic carbocycles. The highest BCUT2D eigenvalue weighted by atomic mass is 19.1. The van der Waals surface area contributed by atoms with E-state index in [4.69, 9.17) is 14.5 Å². The first-order chi connectivity index (χ1) is 22.4. The molecule has 0 saturated carbocycles. The van der Waals surface area contributed by atoms with Crippen LogP contribution >= 0.6 is 0 Å². The number of ether oxygens (including phenoxy) is 2. The largest absolute Gasteiger partial charge is 0.497 e. The second kappa shape index (κ2) is 13.8. The molecule has 2 N–H and O–H groups in total. The van der Waals surface area contributed by atoms with Crippen molar-refractivity contribution in [2.75, 3.05) is 68.7 Å². The van der Waals surface area contributed by atoms with Gasteiger partial charge in [-0.15, -0.1) is 0 Å². The first-order valence-electron chi connectivity index (χ1n) is 15.7. The molecule has 2 fully saturated rings. The van der Waals surface area contributed by atoms with Crippen LogP contribution in [0, 0.1) is 5.82 Å². The number of urea groups is 1. The highest BCUT2D eigenvalue weighted by Crippen LogP contribution is 2.37. The van der Waals surface area contributed by atoms with Crippen LogP contribution in [0.15, 0.2) is 71.5 Å². The third-order valence-corrected chi connectivity index (χ3v) is 8.77. The van der Waals surface area contributed by atoms with Gasteiger partial charge in [0.1, 0.15) is 17.3 Å². The minimum absolute atomic E-state index is 0.195. The van der Waals surface area contributed by atoms with E-state index in [1.54, 1.807) is 42.1 Å². The van der Waals surface area contributed by atoms with E-state index in [2.05, 4.69) is 15.5 Å². The average Bonchev–Trinajstić information content (AvgIpc) is 3.59. The lowest BCUT2D eigenvalue weighted by Gasteiger charge is -2.39. The molecular formula is C34H40FN7O4. The van der Waals surface area contributed by atoms with Gasteiger partial charge in [0.05, 0.1) is 36.9 Å². The smallest absolute Gasteiger partial charge is 0.327 e. The molecule has 242 valence electrons. The summed E-state index contributed by atoms with van der Waals surface area (Å²) in [5.41, 5.74) is 1.20. The molecule has 12 heteroatoms. The van der Waals surface area contributed by atoms with Crippen molar-refractivity contribution in [1.82, 2.24) is 19.9 Å². The maximum atomic E-state index is 14.2. The van der Waals surface area contributed by atoms with Crippen LogP contribution in [0.2, 0.25) is 0 Å². The number of hydrogen-bond donors (Lipinski definition) is 2. The SMILES string of the molecule is COc1ccc(N(C(=O)Nc2ccc(F)cc2)C(C)c2nc3ccccc3c(=O)n2N2CCN(C[C@@H]3CCCN3)CC2)c(OC)c1. The fourth-order valence-corrected chi connectivity index (χ4v) is 6.34. The zero-order valence-corrected chi connectivity index (χ0v) is 26.4. The Morgan fingerprint density at radius 2 is 1.83 bits per heavy atom. The molecule has 0 radical (unpaired) electrons. The lowest BCUT2D eigenvalue weighted by atomic mass is 10.1. The number of nitrogens with one attached hydrogen (secondary N) is 2. The number of para-hydroxylation sites is 1. The molecule has 0 bridgehead atoms. The summed E-state index contributed by atoms with van der Waals surface area (Å²) in [5, 5.41) is 8.99. The second-order valence-corrected chi connectivity index (χ2v) is 11.7. The van der Waals surface area contributed by atoms with E-state index in [-0.39, 0.29) is 5.56 Å². The number of nitrogens with zero attached hydrogens (tertiary/aromatic N) is 5. The van der Waals surface area contributed by atoms with Crippen molar-refractivity contribution in [2.45, 2.75) is 31.8 Å². The minimum atomic E-state index is -0.749. The standard InChI is InChI=1S/C34H40FN7O4/c1-23(41(30-15-14-27(45-2)21-31(30)46-3)34(44)37-25-12-10-24(35)11-13-25)32-38-29-9-5-4-8-28(29)33(43)42(32)40-19-17-39(18-20-40)22-26-7-6-16-36-26/h4-5,8-15,21,23,26,36H,6-7,16-20,22H2,1-3H3,(H,37,44)/t23?,26-/m0/s1. The van der Waals surface area contributed by atoms with E-state index in [9.17, 15) is 14.0 Å².